The van der Waals surface area contributed by atoms with Gasteiger partial charge in [-0.15, -0.1) is 0 Å². The van der Waals surface area contributed by atoms with Gasteiger partial charge in [-0.1, -0.05) is 27.5 Å². The quantitative estimate of drug-likeness (QED) is 0.775. The summed E-state index contributed by atoms with van der Waals surface area (Å²) >= 11 is 9.58. The van der Waals surface area contributed by atoms with Crippen molar-refractivity contribution < 1.29 is 9.59 Å². The molecule has 2 heterocycles. The Kier molecular flexibility index (Phi) is 3.50. The van der Waals surface area contributed by atoms with Crippen LogP contribution in [0, 0.1) is 0 Å². The van der Waals surface area contributed by atoms with Gasteiger partial charge in [0.2, 0.25) is 5.91 Å². The zero-order valence-corrected chi connectivity index (χ0v) is 13.3. The maximum absolute atomic E-state index is 12.7. The molecule has 4 nitrogen and oxygen atoms in total. The minimum absolute atomic E-state index is 0.00563. The maximum atomic E-state index is 12.7. The molecule has 0 radical (unpaired) electrons. The highest BCUT2D eigenvalue weighted by Gasteiger charge is 2.46. The number of carbonyl (C=O) groups is 2. The minimum Gasteiger partial charge on any atom is -0.329 e. The van der Waals surface area contributed by atoms with Crippen LogP contribution in [-0.2, 0) is 9.59 Å². The van der Waals surface area contributed by atoms with Crippen LogP contribution in [0.1, 0.15) is 19.8 Å². The molecule has 0 saturated carbocycles. The fourth-order valence-corrected chi connectivity index (χ4v) is 3.76. The Morgan fingerprint density at radius 3 is 2.75 bits per heavy atom. The van der Waals surface area contributed by atoms with E-state index in [2.05, 4.69) is 15.9 Å². The molecule has 0 bridgehead atoms. The number of piperazine rings is 1. The molecule has 20 heavy (non-hydrogen) atoms. The fourth-order valence-electron chi connectivity index (χ4n) is 2.99. The van der Waals surface area contributed by atoms with E-state index in [1.807, 2.05) is 6.07 Å². The number of halogens is 2. The molecule has 2 unspecified atom stereocenters. The van der Waals surface area contributed by atoms with Crippen LogP contribution in [0.3, 0.4) is 0 Å². The second-order valence-electron chi connectivity index (χ2n) is 5.17. The summed E-state index contributed by atoms with van der Waals surface area (Å²) in [6.45, 7) is 2.44. The van der Waals surface area contributed by atoms with Crippen molar-refractivity contribution >= 4 is 45.0 Å². The molecule has 106 valence electrons. The molecule has 0 aliphatic carbocycles. The Morgan fingerprint density at radius 1 is 1.30 bits per heavy atom. The van der Waals surface area contributed by atoms with Crippen molar-refractivity contribution in [3.05, 3.63) is 27.7 Å². The van der Waals surface area contributed by atoms with Gasteiger partial charge in [0.15, 0.2) is 0 Å². The van der Waals surface area contributed by atoms with Gasteiger partial charge in [-0.3, -0.25) is 14.5 Å². The molecule has 0 N–H and O–H groups in total. The highest BCUT2D eigenvalue weighted by molar-refractivity contribution is 9.10. The van der Waals surface area contributed by atoms with Crippen molar-refractivity contribution in [1.29, 1.82) is 0 Å². The van der Waals surface area contributed by atoms with E-state index >= 15 is 0 Å². The average Bonchev–Trinajstić information content (AvgIpc) is 2.88. The van der Waals surface area contributed by atoms with Crippen molar-refractivity contribution in [3.63, 3.8) is 0 Å². The molecule has 2 aliphatic rings. The lowest BCUT2D eigenvalue weighted by Crippen LogP contribution is -2.62. The van der Waals surface area contributed by atoms with E-state index in [0.29, 0.717) is 17.3 Å². The van der Waals surface area contributed by atoms with E-state index < -0.39 is 6.04 Å². The number of fused-ring (bicyclic) bond motifs is 1. The minimum atomic E-state index is -0.504. The van der Waals surface area contributed by atoms with Gasteiger partial charge < -0.3 is 4.90 Å². The summed E-state index contributed by atoms with van der Waals surface area (Å²) in [5.41, 5.74) is 0.604. The first kappa shape index (κ1) is 13.9. The standard InChI is InChI=1S/C14H14BrClN2O2/c1-8-13(19)17-6-2-3-12(17)14(20)18(8)11-5-4-9(15)7-10(11)16/h4-5,7-8,12H,2-3,6H2,1H3. The van der Waals surface area contributed by atoms with E-state index in [0.717, 1.165) is 17.3 Å². The Balaban J connectivity index is 2.03. The maximum Gasteiger partial charge on any atom is 0.250 e. The number of rotatable bonds is 1. The lowest BCUT2D eigenvalue weighted by atomic mass is 10.1. The summed E-state index contributed by atoms with van der Waals surface area (Å²) < 4.78 is 0.845. The fraction of sp³-hybridized carbons (Fsp3) is 0.429. The van der Waals surface area contributed by atoms with Crippen LogP contribution >= 0.6 is 27.5 Å². The Bertz CT molecular complexity index is 593. The number of nitrogens with zero attached hydrogens (tertiary/aromatic N) is 2. The predicted octanol–water partition coefficient (Wildman–Crippen LogP) is 2.83. The summed E-state index contributed by atoms with van der Waals surface area (Å²) in [6.07, 6.45) is 1.62. The molecule has 2 atom stereocenters. The van der Waals surface area contributed by atoms with Crippen molar-refractivity contribution in [3.8, 4) is 0 Å². The summed E-state index contributed by atoms with van der Waals surface area (Å²) in [5, 5.41) is 0.471. The van der Waals surface area contributed by atoms with Crippen LogP contribution < -0.4 is 4.90 Å². The van der Waals surface area contributed by atoms with E-state index in [-0.39, 0.29) is 17.9 Å². The summed E-state index contributed by atoms with van der Waals surface area (Å²) in [6, 6.07) is 4.52. The molecular weight excluding hydrogens is 344 g/mol. The van der Waals surface area contributed by atoms with Gasteiger partial charge in [0.25, 0.3) is 5.91 Å². The smallest absolute Gasteiger partial charge is 0.250 e. The van der Waals surface area contributed by atoms with E-state index in [9.17, 15) is 9.59 Å². The highest BCUT2D eigenvalue weighted by Crippen LogP contribution is 2.35. The van der Waals surface area contributed by atoms with Crippen molar-refractivity contribution in [1.82, 2.24) is 4.90 Å². The molecule has 0 aromatic heterocycles. The van der Waals surface area contributed by atoms with Crippen LogP contribution in [0.25, 0.3) is 0 Å². The molecule has 2 amide bonds. The third-order valence-corrected chi connectivity index (χ3v) is 4.77. The van der Waals surface area contributed by atoms with Gasteiger partial charge in [0, 0.05) is 11.0 Å². The number of hydrogen-bond donors (Lipinski definition) is 0. The molecule has 1 aromatic rings. The van der Waals surface area contributed by atoms with Gasteiger partial charge in [-0.25, -0.2) is 0 Å². The summed E-state index contributed by atoms with van der Waals surface area (Å²) in [7, 11) is 0. The monoisotopic (exact) mass is 356 g/mol. The van der Waals surface area contributed by atoms with Crippen LogP contribution in [0.15, 0.2) is 22.7 Å². The van der Waals surface area contributed by atoms with Gasteiger partial charge in [0.05, 0.1) is 10.7 Å². The molecule has 3 rings (SSSR count). The number of benzene rings is 1. The first-order valence-electron chi connectivity index (χ1n) is 6.59. The Morgan fingerprint density at radius 2 is 2.05 bits per heavy atom. The number of carbonyl (C=O) groups excluding carboxylic acids is 2. The van der Waals surface area contributed by atoms with Gasteiger partial charge in [-0.2, -0.15) is 0 Å². The van der Waals surface area contributed by atoms with Crippen molar-refractivity contribution in [2.24, 2.45) is 0 Å². The highest BCUT2D eigenvalue weighted by atomic mass is 79.9. The molecule has 6 heteroatoms. The van der Waals surface area contributed by atoms with E-state index in [4.69, 9.17) is 11.6 Å². The molecular formula is C14H14BrClN2O2. The average molecular weight is 358 g/mol. The normalized spacial score (nSPS) is 26.1. The molecule has 1 aromatic carbocycles. The zero-order valence-electron chi connectivity index (χ0n) is 11.0. The first-order valence-corrected chi connectivity index (χ1v) is 7.76. The zero-order chi connectivity index (χ0) is 14.4. The summed E-state index contributed by atoms with van der Waals surface area (Å²) in [4.78, 5) is 28.3. The Labute approximate surface area is 130 Å². The summed E-state index contributed by atoms with van der Waals surface area (Å²) in [5.74, 6) is -0.0232. The largest absolute Gasteiger partial charge is 0.329 e. The second kappa shape index (κ2) is 5.04. The van der Waals surface area contributed by atoms with E-state index in [1.165, 1.54) is 0 Å². The SMILES string of the molecule is CC1C(=O)N2CCCC2C(=O)N1c1ccc(Br)cc1Cl. The van der Waals surface area contributed by atoms with Crippen LogP contribution in [-0.4, -0.2) is 35.3 Å². The van der Waals surface area contributed by atoms with Crippen LogP contribution in [0.4, 0.5) is 5.69 Å². The van der Waals surface area contributed by atoms with Gasteiger partial charge >= 0.3 is 0 Å². The number of amides is 2. The topological polar surface area (TPSA) is 40.6 Å². The third-order valence-electron chi connectivity index (χ3n) is 3.97. The molecule has 2 fully saturated rings. The lowest BCUT2D eigenvalue weighted by molar-refractivity contribution is -0.143. The molecule has 0 spiro atoms. The first-order chi connectivity index (χ1) is 9.50. The van der Waals surface area contributed by atoms with Crippen LogP contribution in [0.5, 0.6) is 0 Å². The predicted molar refractivity (Wildman–Crippen MR) is 80.8 cm³/mol. The van der Waals surface area contributed by atoms with Gasteiger partial charge in [-0.05, 0) is 38.0 Å². The van der Waals surface area contributed by atoms with Crippen LogP contribution in [0.2, 0.25) is 5.02 Å². The second-order valence-corrected chi connectivity index (χ2v) is 6.49. The van der Waals surface area contributed by atoms with E-state index in [1.54, 1.807) is 28.9 Å². The molecule has 2 saturated heterocycles. The third kappa shape index (κ3) is 2.04. The van der Waals surface area contributed by atoms with Crippen molar-refractivity contribution in [2.45, 2.75) is 31.8 Å². The molecule has 2 aliphatic heterocycles. The van der Waals surface area contributed by atoms with Crippen molar-refractivity contribution in [2.75, 3.05) is 11.4 Å². The Hall–Kier alpha value is -1.07. The van der Waals surface area contributed by atoms with Gasteiger partial charge in [0.1, 0.15) is 12.1 Å². The number of hydrogen-bond acceptors (Lipinski definition) is 2. The number of anilines is 1. The lowest BCUT2D eigenvalue weighted by Gasteiger charge is -2.41.